The lowest BCUT2D eigenvalue weighted by Crippen LogP contribution is -2.27. The molecule has 0 spiro atoms. The van der Waals surface area contributed by atoms with E-state index in [1.807, 2.05) is 0 Å². The molecular weight excluding hydrogens is 345 g/mol. The van der Waals surface area contributed by atoms with Gasteiger partial charge < -0.3 is 10.3 Å². The van der Waals surface area contributed by atoms with Gasteiger partial charge in [0.2, 0.25) is 5.56 Å². The summed E-state index contributed by atoms with van der Waals surface area (Å²) >= 11 is 0. The standard InChI is InChI=1S/C19H15F3N2O2/c20-19(21,22)15-7-3-1-5-12(15)9-10-23-18(26)14-11-17(25)24-16-8-4-2-6-13(14)16/h1-8,11H,9-10H2,(H,23,26)(H,24,25). The van der Waals surface area contributed by atoms with Gasteiger partial charge in [0.1, 0.15) is 0 Å². The van der Waals surface area contributed by atoms with Crippen LogP contribution in [0.5, 0.6) is 0 Å². The second kappa shape index (κ2) is 7.03. The fourth-order valence-corrected chi connectivity index (χ4v) is 2.81. The van der Waals surface area contributed by atoms with Crippen LogP contribution in [-0.2, 0) is 12.6 Å². The highest BCUT2D eigenvalue weighted by molar-refractivity contribution is 6.05. The second-order valence-corrected chi connectivity index (χ2v) is 5.75. The normalized spacial score (nSPS) is 11.5. The molecule has 0 bridgehead atoms. The Morgan fingerprint density at radius 1 is 1.04 bits per heavy atom. The number of H-pyrrole nitrogens is 1. The van der Waals surface area contributed by atoms with E-state index in [1.54, 1.807) is 24.3 Å². The number of benzene rings is 2. The Morgan fingerprint density at radius 3 is 2.50 bits per heavy atom. The van der Waals surface area contributed by atoms with Crippen molar-refractivity contribution < 1.29 is 18.0 Å². The molecule has 2 N–H and O–H groups in total. The molecule has 26 heavy (non-hydrogen) atoms. The summed E-state index contributed by atoms with van der Waals surface area (Å²) in [6.45, 7) is 0.0209. The van der Waals surface area contributed by atoms with Crippen LogP contribution >= 0.6 is 0 Å². The van der Waals surface area contributed by atoms with E-state index in [-0.39, 0.29) is 24.1 Å². The number of carbonyl (C=O) groups excluding carboxylic acids is 1. The van der Waals surface area contributed by atoms with Gasteiger partial charge in [0.25, 0.3) is 5.91 Å². The van der Waals surface area contributed by atoms with Crippen LogP contribution in [0, 0.1) is 0 Å². The summed E-state index contributed by atoms with van der Waals surface area (Å²) < 4.78 is 39.0. The Kier molecular flexibility index (Phi) is 4.79. The quantitative estimate of drug-likeness (QED) is 0.748. The van der Waals surface area contributed by atoms with Crippen molar-refractivity contribution in [2.45, 2.75) is 12.6 Å². The number of fused-ring (bicyclic) bond motifs is 1. The number of pyridine rings is 1. The lowest BCUT2D eigenvalue weighted by Gasteiger charge is -2.13. The van der Waals surface area contributed by atoms with Gasteiger partial charge in [-0.05, 0) is 24.1 Å². The van der Waals surface area contributed by atoms with Crippen molar-refractivity contribution in [1.82, 2.24) is 10.3 Å². The van der Waals surface area contributed by atoms with Gasteiger partial charge in [-0.15, -0.1) is 0 Å². The molecule has 0 unspecified atom stereocenters. The van der Waals surface area contributed by atoms with Gasteiger partial charge in [0.05, 0.1) is 11.1 Å². The van der Waals surface area contributed by atoms with Crippen molar-refractivity contribution >= 4 is 16.8 Å². The minimum absolute atomic E-state index is 0.0209. The van der Waals surface area contributed by atoms with Gasteiger partial charge in [-0.2, -0.15) is 13.2 Å². The van der Waals surface area contributed by atoms with Gasteiger partial charge in [-0.25, -0.2) is 0 Å². The number of nitrogens with one attached hydrogen (secondary N) is 2. The first-order valence-corrected chi connectivity index (χ1v) is 7.91. The number of aromatic nitrogens is 1. The van der Waals surface area contributed by atoms with Crippen LogP contribution in [0.15, 0.2) is 59.4 Å². The Labute approximate surface area is 146 Å². The number of hydrogen-bond donors (Lipinski definition) is 2. The van der Waals surface area contributed by atoms with E-state index in [2.05, 4.69) is 10.3 Å². The highest BCUT2D eigenvalue weighted by atomic mass is 19.4. The molecule has 1 heterocycles. The SMILES string of the molecule is O=C(NCCc1ccccc1C(F)(F)F)c1cc(=O)[nH]c2ccccc12. The fourth-order valence-electron chi connectivity index (χ4n) is 2.81. The average Bonchev–Trinajstić information content (AvgIpc) is 2.60. The molecule has 2 aromatic carbocycles. The van der Waals surface area contributed by atoms with Gasteiger partial charge in [-0.3, -0.25) is 9.59 Å². The van der Waals surface area contributed by atoms with Crippen molar-refractivity contribution in [3.63, 3.8) is 0 Å². The largest absolute Gasteiger partial charge is 0.416 e. The smallest absolute Gasteiger partial charge is 0.352 e. The van der Waals surface area contributed by atoms with E-state index in [9.17, 15) is 22.8 Å². The fraction of sp³-hybridized carbons (Fsp3) is 0.158. The van der Waals surface area contributed by atoms with Crippen LogP contribution in [0.3, 0.4) is 0 Å². The molecule has 3 aromatic rings. The van der Waals surface area contributed by atoms with Crippen molar-refractivity contribution in [1.29, 1.82) is 0 Å². The van der Waals surface area contributed by atoms with Crippen LogP contribution in [0.2, 0.25) is 0 Å². The molecule has 1 aromatic heterocycles. The Bertz CT molecular complexity index is 1010. The number of alkyl halides is 3. The molecular formula is C19H15F3N2O2. The first-order chi connectivity index (χ1) is 12.4. The number of aromatic amines is 1. The van der Waals surface area contributed by atoms with Gasteiger partial charge in [0, 0.05) is 23.5 Å². The lowest BCUT2D eigenvalue weighted by atomic mass is 10.0. The third-order valence-corrected chi connectivity index (χ3v) is 4.00. The van der Waals surface area contributed by atoms with Crippen LogP contribution in [0.25, 0.3) is 10.9 Å². The summed E-state index contributed by atoms with van der Waals surface area (Å²) in [7, 11) is 0. The molecule has 0 radical (unpaired) electrons. The number of rotatable bonds is 4. The van der Waals surface area contributed by atoms with E-state index in [0.717, 1.165) is 6.07 Å². The summed E-state index contributed by atoms with van der Waals surface area (Å²) in [4.78, 5) is 26.7. The number of hydrogen-bond acceptors (Lipinski definition) is 2. The summed E-state index contributed by atoms with van der Waals surface area (Å²) in [5.74, 6) is -0.503. The van der Waals surface area contributed by atoms with Crippen molar-refractivity contribution in [3.05, 3.63) is 81.6 Å². The number of halogens is 3. The maximum atomic E-state index is 13.0. The summed E-state index contributed by atoms with van der Waals surface area (Å²) in [5, 5.41) is 3.16. The molecule has 0 fully saturated rings. The second-order valence-electron chi connectivity index (χ2n) is 5.75. The molecule has 0 aliphatic rings. The molecule has 1 amide bonds. The molecule has 0 atom stereocenters. The molecule has 0 saturated carbocycles. The third kappa shape index (κ3) is 3.77. The molecule has 0 saturated heterocycles. The van der Waals surface area contributed by atoms with Crippen LogP contribution in [0.1, 0.15) is 21.5 Å². The van der Waals surface area contributed by atoms with E-state index in [4.69, 9.17) is 0 Å². The highest BCUT2D eigenvalue weighted by Crippen LogP contribution is 2.31. The van der Waals surface area contributed by atoms with Crippen LogP contribution in [0.4, 0.5) is 13.2 Å². The minimum Gasteiger partial charge on any atom is -0.352 e. The molecule has 0 aliphatic carbocycles. The summed E-state index contributed by atoms with van der Waals surface area (Å²) in [6.07, 6.45) is -4.41. The van der Waals surface area contributed by atoms with E-state index >= 15 is 0 Å². The van der Waals surface area contributed by atoms with Crippen molar-refractivity contribution in [3.8, 4) is 0 Å². The average molecular weight is 360 g/mol. The van der Waals surface area contributed by atoms with Crippen LogP contribution < -0.4 is 10.9 Å². The van der Waals surface area contributed by atoms with E-state index in [0.29, 0.717) is 10.9 Å². The number of para-hydroxylation sites is 1. The summed E-state index contributed by atoms with van der Waals surface area (Å²) in [6, 6.07) is 13.3. The molecule has 7 heteroatoms. The van der Waals surface area contributed by atoms with Crippen molar-refractivity contribution in [2.75, 3.05) is 6.54 Å². The maximum Gasteiger partial charge on any atom is 0.416 e. The number of carbonyl (C=O) groups is 1. The van der Waals surface area contributed by atoms with Crippen LogP contribution in [-0.4, -0.2) is 17.4 Å². The molecule has 0 aliphatic heterocycles. The zero-order valence-electron chi connectivity index (χ0n) is 13.6. The lowest BCUT2D eigenvalue weighted by molar-refractivity contribution is -0.138. The Hall–Kier alpha value is -3.09. The topological polar surface area (TPSA) is 62.0 Å². The zero-order valence-corrected chi connectivity index (χ0v) is 13.6. The number of amides is 1. The van der Waals surface area contributed by atoms with Crippen molar-refractivity contribution in [2.24, 2.45) is 0 Å². The zero-order chi connectivity index (χ0) is 18.7. The van der Waals surface area contributed by atoms with E-state index in [1.165, 1.54) is 24.3 Å². The molecule has 3 rings (SSSR count). The predicted octanol–water partition coefficient (Wildman–Crippen LogP) is 3.52. The maximum absolute atomic E-state index is 13.0. The van der Waals surface area contributed by atoms with Gasteiger partial charge >= 0.3 is 6.18 Å². The Balaban J connectivity index is 1.76. The first kappa shape index (κ1) is 17.7. The van der Waals surface area contributed by atoms with E-state index < -0.39 is 23.2 Å². The monoisotopic (exact) mass is 360 g/mol. The molecule has 134 valence electrons. The minimum atomic E-state index is -4.44. The van der Waals surface area contributed by atoms with Gasteiger partial charge in [0.15, 0.2) is 0 Å². The van der Waals surface area contributed by atoms with Gasteiger partial charge in [-0.1, -0.05) is 36.4 Å². The molecule has 4 nitrogen and oxygen atoms in total. The Morgan fingerprint density at radius 2 is 1.73 bits per heavy atom. The third-order valence-electron chi connectivity index (χ3n) is 4.00. The summed E-state index contributed by atoms with van der Waals surface area (Å²) in [5.41, 5.74) is -0.316. The first-order valence-electron chi connectivity index (χ1n) is 7.91. The predicted molar refractivity (Wildman–Crippen MR) is 92.0 cm³/mol. The highest BCUT2D eigenvalue weighted by Gasteiger charge is 2.32.